The molecule has 0 aromatic carbocycles. The fraction of sp³-hybridized carbons (Fsp3) is 0.979. The van der Waals surface area contributed by atoms with E-state index in [4.69, 9.17) is 0 Å². The lowest BCUT2D eigenvalue weighted by Gasteiger charge is -2.23. The van der Waals surface area contributed by atoms with Crippen LogP contribution in [-0.4, -0.2) is 46.1 Å². The molecule has 3 atom stereocenters. The van der Waals surface area contributed by atoms with Gasteiger partial charge in [-0.2, -0.15) is 0 Å². The highest BCUT2D eigenvalue weighted by atomic mass is 16.3. The zero-order valence-electron chi connectivity index (χ0n) is 36.2. The summed E-state index contributed by atoms with van der Waals surface area (Å²) in [4.78, 5) is 12.5. The lowest BCUT2D eigenvalue weighted by molar-refractivity contribution is -0.125. The molecule has 4 N–H and O–H groups in total. The number of carbonyl (C=O) groups is 1. The van der Waals surface area contributed by atoms with Gasteiger partial charge in [-0.15, -0.1) is 0 Å². The number of amides is 1. The van der Waals surface area contributed by atoms with Crippen molar-refractivity contribution in [1.29, 1.82) is 0 Å². The van der Waals surface area contributed by atoms with Crippen LogP contribution in [0.4, 0.5) is 0 Å². The number of unbranched alkanes of at least 4 members (excludes halogenated alkanes) is 36. The molecular formula is C48H97NO4. The summed E-state index contributed by atoms with van der Waals surface area (Å²) in [5.41, 5.74) is 0. The van der Waals surface area contributed by atoms with E-state index >= 15 is 0 Å². The van der Waals surface area contributed by atoms with Gasteiger partial charge in [0.25, 0.3) is 0 Å². The van der Waals surface area contributed by atoms with Gasteiger partial charge in [0, 0.05) is 0 Å². The van der Waals surface area contributed by atoms with Crippen LogP contribution in [0.25, 0.3) is 0 Å². The second-order valence-corrected chi connectivity index (χ2v) is 17.1. The van der Waals surface area contributed by atoms with Crippen LogP contribution in [0.2, 0.25) is 0 Å². The number of rotatable bonds is 45. The third-order valence-corrected chi connectivity index (χ3v) is 11.7. The first-order valence-corrected chi connectivity index (χ1v) is 24.3. The lowest BCUT2D eigenvalue weighted by atomic mass is 10.0. The van der Waals surface area contributed by atoms with Crippen molar-refractivity contribution in [3.63, 3.8) is 0 Å². The maximum atomic E-state index is 12.5. The van der Waals surface area contributed by atoms with Crippen molar-refractivity contribution < 1.29 is 20.1 Å². The number of aliphatic hydroxyl groups is 3. The van der Waals surface area contributed by atoms with E-state index in [9.17, 15) is 20.1 Å². The van der Waals surface area contributed by atoms with Crippen molar-refractivity contribution >= 4 is 5.91 Å². The second-order valence-electron chi connectivity index (χ2n) is 17.1. The predicted molar refractivity (Wildman–Crippen MR) is 232 cm³/mol. The summed E-state index contributed by atoms with van der Waals surface area (Å²) in [5, 5.41) is 33.5. The van der Waals surface area contributed by atoms with Crippen LogP contribution in [0.5, 0.6) is 0 Å². The van der Waals surface area contributed by atoms with Crippen LogP contribution < -0.4 is 5.32 Å². The van der Waals surface area contributed by atoms with E-state index in [0.29, 0.717) is 12.8 Å². The molecule has 0 fully saturated rings. The van der Waals surface area contributed by atoms with Gasteiger partial charge >= 0.3 is 0 Å². The van der Waals surface area contributed by atoms with Crippen LogP contribution in [-0.2, 0) is 4.79 Å². The van der Waals surface area contributed by atoms with Gasteiger partial charge < -0.3 is 20.6 Å². The minimum Gasteiger partial charge on any atom is -0.394 e. The Morgan fingerprint density at radius 3 is 0.906 bits per heavy atom. The lowest BCUT2D eigenvalue weighted by Crippen LogP contribution is -2.46. The average Bonchev–Trinajstić information content (AvgIpc) is 3.15. The summed E-state index contributed by atoms with van der Waals surface area (Å²) in [6.45, 7) is 4.29. The Morgan fingerprint density at radius 1 is 0.396 bits per heavy atom. The minimum absolute atomic E-state index is 0.0429. The van der Waals surface area contributed by atoms with E-state index in [-0.39, 0.29) is 18.9 Å². The Hall–Kier alpha value is -0.650. The molecular weight excluding hydrogens is 655 g/mol. The number of hydrogen-bond acceptors (Lipinski definition) is 4. The smallest absolute Gasteiger partial charge is 0.222 e. The zero-order valence-corrected chi connectivity index (χ0v) is 36.2. The van der Waals surface area contributed by atoms with Crippen LogP contribution >= 0.6 is 0 Å². The Bertz CT molecular complexity index is 703. The summed E-state index contributed by atoms with van der Waals surface area (Å²) in [6.07, 6.45) is 50.8. The molecule has 0 rings (SSSR count). The van der Waals surface area contributed by atoms with Crippen LogP contribution in [0.3, 0.4) is 0 Å². The first-order valence-electron chi connectivity index (χ1n) is 24.3. The Kier molecular flexibility index (Phi) is 43.5. The number of aliphatic hydroxyl groups excluding tert-OH is 3. The summed E-state index contributed by atoms with van der Waals surface area (Å²) in [5.74, 6) is -0.277. The number of carbonyl (C=O) groups excluding carboxylic acids is 1. The number of hydrogen-bond donors (Lipinski definition) is 4. The zero-order chi connectivity index (χ0) is 38.7. The molecule has 318 valence electrons. The highest BCUT2D eigenvalue weighted by molar-refractivity contribution is 5.76. The summed E-state index contributed by atoms with van der Waals surface area (Å²) in [6, 6.07) is -0.653. The van der Waals surface area contributed by atoms with E-state index in [2.05, 4.69) is 19.2 Å². The Morgan fingerprint density at radius 2 is 0.642 bits per heavy atom. The van der Waals surface area contributed by atoms with Crippen molar-refractivity contribution in [1.82, 2.24) is 5.32 Å². The quantitative estimate of drug-likeness (QED) is 0.0466. The predicted octanol–water partition coefficient (Wildman–Crippen LogP) is 14.2. The summed E-state index contributed by atoms with van der Waals surface area (Å²) < 4.78 is 0. The first kappa shape index (κ1) is 52.3. The van der Waals surface area contributed by atoms with Gasteiger partial charge in [-0.3, -0.25) is 4.79 Å². The molecule has 0 radical (unpaired) electrons. The van der Waals surface area contributed by atoms with Crippen molar-refractivity contribution in [3.05, 3.63) is 0 Å². The van der Waals surface area contributed by atoms with Gasteiger partial charge in [-0.25, -0.2) is 0 Å². The van der Waals surface area contributed by atoms with E-state index in [1.165, 1.54) is 218 Å². The molecule has 5 nitrogen and oxygen atoms in total. The van der Waals surface area contributed by atoms with Crippen molar-refractivity contribution in [2.24, 2.45) is 0 Å². The SMILES string of the molecule is CCCCCCCCCCCCCCCCCCCCCCCCCC(O)C(CO)NC(=O)CC(O)CCCCCCCCCCCCCCCCC. The average molecular weight is 752 g/mol. The molecule has 0 aliphatic heterocycles. The van der Waals surface area contributed by atoms with E-state index in [1.54, 1.807) is 0 Å². The fourth-order valence-corrected chi connectivity index (χ4v) is 7.94. The topological polar surface area (TPSA) is 89.8 Å². The third kappa shape index (κ3) is 40.8. The molecule has 0 saturated carbocycles. The van der Waals surface area contributed by atoms with E-state index in [0.717, 1.165) is 25.7 Å². The van der Waals surface area contributed by atoms with E-state index in [1.807, 2.05) is 0 Å². The molecule has 0 heterocycles. The highest BCUT2D eigenvalue weighted by Gasteiger charge is 2.21. The number of nitrogens with one attached hydrogen (secondary N) is 1. The van der Waals surface area contributed by atoms with Gasteiger partial charge in [0.1, 0.15) is 0 Å². The standard InChI is InChI=1S/C48H97NO4/c1-3-5-7-9-11-13-15-17-19-20-21-22-23-24-25-26-28-30-32-34-36-38-40-42-47(52)46(44-50)49-48(53)43-45(51)41-39-37-35-33-31-29-27-18-16-14-12-10-8-6-4-2/h45-47,50-52H,3-44H2,1-2H3,(H,49,53). The molecule has 0 aromatic heterocycles. The fourth-order valence-electron chi connectivity index (χ4n) is 7.94. The van der Waals surface area contributed by atoms with Crippen LogP contribution in [0.1, 0.15) is 277 Å². The van der Waals surface area contributed by atoms with Gasteiger partial charge in [0.05, 0.1) is 31.3 Å². The normalized spacial score (nSPS) is 13.4. The Balaban J connectivity index is 3.53. The van der Waals surface area contributed by atoms with Gasteiger partial charge in [-0.05, 0) is 12.8 Å². The molecule has 0 aliphatic carbocycles. The van der Waals surface area contributed by atoms with Crippen molar-refractivity contribution in [2.45, 2.75) is 295 Å². The molecule has 0 aromatic rings. The molecule has 3 unspecified atom stereocenters. The summed E-state index contributed by atoms with van der Waals surface area (Å²) >= 11 is 0. The minimum atomic E-state index is -0.744. The second kappa shape index (κ2) is 44.1. The summed E-state index contributed by atoms with van der Waals surface area (Å²) in [7, 11) is 0. The molecule has 0 aliphatic rings. The van der Waals surface area contributed by atoms with Gasteiger partial charge in [0.15, 0.2) is 0 Å². The van der Waals surface area contributed by atoms with Gasteiger partial charge in [-0.1, -0.05) is 258 Å². The molecule has 5 heteroatoms. The maximum absolute atomic E-state index is 12.5. The third-order valence-electron chi connectivity index (χ3n) is 11.7. The maximum Gasteiger partial charge on any atom is 0.222 e. The molecule has 1 amide bonds. The molecule has 53 heavy (non-hydrogen) atoms. The van der Waals surface area contributed by atoms with E-state index < -0.39 is 18.2 Å². The Labute approximate surface area is 332 Å². The highest BCUT2D eigenvalue weighted by Crippen LogP contribution is 2.18. The van der Waals surface area contributed by atoms with Crippen LogP contribution in [0, 0.1) is 0 Å². The molecule has 0 bridgehead atoms. The van der Waals surface area contributed by atoms with Crippen LogP contribution in [0.15, 0.2) is 0 Å². The van der Waals surface area contributed by atoms with Crippen molar-refractivity contribution in [2.75, 3.05) is 6.61 Å². The largest absolute Gasteiger partial charge is 0.394 e. The monoisotopic (exact) mass is 752 g/mol. The first-order chi connectivity index (χ1) is 26.0. The molecule has 0 spiro atoms. The molecule has 0 saturated heterocycles. The van der Waals surface area contributed by atoms with Gasteiger partial charge in [0.2, 0.25) is 5.91 Å². The van der Waals surface area contributed by atoms with Crippen molar-refractivity contribution in [3.8, 4) is 0 Å².